The summed E-state index contributed by atoms with van der Waals surface area (Å²) in [6.45, 7) is 11.5. The van der Waals surface area contributed by atoms with E-state index in [0.717, 1.165) is 34.9 Å². The van der Waals surface area contributed by atoms with Gasteiger partial charge in [-0.2, -0.15) is 0 Å². The van der Waals surface area contributed by atoms with Crippen LogP contribution >= 0.6 is 0 Å². The molecule has 0 bridgehead atoms. The molecule has 6 nitrogen and oxygen atoms in total. The van der Waals surface area contributed by atoms with E-state index in [1.54, 1.807) is 30.3 Å². The SMILES string of the molecule is C=C(/C=C\C(=C/C)C1=C/C(=C/CC)c2cc(C)cc(C(C)Nc3ccccc3C(=O)O)c2O1)S(C)(=O)=O. The predicted octanol–water partition coefficient (Wildman–Crippen LogP) is 7.00. The van der Waals surface area contributed by atoms with Crippen molar-refractivity contribution >= 4 is 27.1 Å². The maximum atomic E-state index is 11.8. The zero-order valence-corrected chi connectivity index (χ0v) is 22.6. The zero-order chi connectivity index (χ0) is 27.3. The van der Waals surface area contributed by atoms with Crippen LogP contribution in [0.1, 0.15) is 60.3 Å². The van der Waals surface area contributed by atoms with Crippen LogP contribution in [0.2, 0.25) is 0 Å². The Morgan fingerprint density at radius 2 is 1.92 bits per heavy atom. The molecule has 7 heteroatoms. The second kappa shape index (κ2) is 11.5. The molecule has 1 atom stereocenters. The Hall–Kier alpha value is -3.84. The first-order chi connectivity index (χ1) is 17.5. The van der Waals surface area contributed by atoms with Crippen LogP contribution in [0.15, 0.2) is 89.6 Å². The number of fused-ring (bicyclic) bond motifs is 1. The first-order valence-electron chi connectivity index (χ1n) is 12.0. The van der Waals surface area contributed by atoms with Crippen molar-refractivity contribution < 1.29 is 23.1 Å². The van der Waals surface area contributed by atoms with Gasteiger partial charge in [0.05, 0.1) is 16.5 Å². The minimum Gasteiger partial charge on any atom is -0.478 e. The lowest BCUT2D eigenvalue weighted by molar-refractivity contribution is 0.0698. The van der Waals surface area contributed by atoms with Crippen molar-refractivity contribution in [3.8, 4) is 5.75 Å². The first kappa shape index (κ1) is 27.7. The molecule has 0 amide bonds. The molecule has 2 N–H and O–H groups in total. The summed E-state index contributed by atoms with van der Waals surface area (Å²) in [5.74, 6) is 0.247. The van der Waals surface area contributed by atoms with E-state index in [0.29, 0.717) is 22.8 Å². The highest BCUT2D eigenvalue weighted by molar-refractivity contribution is 7.94. The van der Waals surface area contributed by atoms with E-state index >= 15 is 0 Å². The van der Waals surface area contributed by atoms with E-state index in [1.165, 1.54) is 6.08 Å². The standard InChI is InChI=1S/C30H33NO5S/c1-7-11-23-18-28(22(8-2)15-14-20(4)37(6,34)35)36-29-25(16-19(3)17-26(23)29)21(5)31-27-13-10-9-12-24(27)30(32)33/h8-18,21,31H,4,7H2,1-3,5-6H3,(H,32,33)/b15-14-,22-8+,23-11-. The number of hydrogen-bond acceptors (Lipinski definition) is 5. The van der Waals surface area contributed by atoms with Crippen molar-refractivity contribution in [3.05, 3.63) is 112 Å². The zero-order valence-electron chi connectivity index (χ0n) is 21.8. The predicted molar refractivity (Wildman–Crippen MR) is 150 cm³/mol. The fraction of sp³-hybridized carbons (Fsp3) is 0.233. The van der Waals surface area contributed by atoms with Crippen molar-refractivity contribution in [1.29, 1.82) is 0 Å². The summed E-state index contributed by atoms with van der Waals surface area (Å²) in [5, 5.41) is 12.9. The second-order valence-corrected chi connectivity index (χ2v) is 11.0. The molecule has 0 radical (unpaired) electrons. The van der Waals surface area contributed by atoms with Crippen LogP contribution in [0.4, 0.5) is 5.69 Å². The maximum absolute atomic E-state index is 11.8. The summed E-state index contributed by atoms with van der Waals surface area (Å²) in [7, 11) is -3.40. The summed E-state index contributed by atoms with van der Waals surface area (Å²) in [4.78, 5) is 11.7. The number of nitrogens with one attached hydrogen (secondary N) is 1. The van der Waals surface area contributed by atoms with Gasteiger partial charge in [0.2, 0.25) is 0 Å². The van der Waals surface area contributed by atoms with Crippen LogP contribution in [-0.4, -0.2) is 25.7 Å². The number of para-hydroxylation sites is 1. The third-order valence-corrected chi connectivity index (χ3v) is 7.10. The molecule has 0 aliphatic carbocycles. The number of hydrogen-bond donors (Lipinski definition) is 2. The molecule has 0 saturated heterocycles. The summed E-state index contributed by atoms with van der Waals surface area (Å²) in [6.07, 6.45) is 11.0. The Morgan fingerprint density at radius 1 is 1.22 bits per heavy atom. The Balaban J connectivity index is 2.07. The summed E-state index contributed by atoms with van der Waals surface area (Å²) < 4.78 is 30.1. The van der Waals surface area contributed by atoms with E-state index in [1.807, 2.05) is 39.0 Å². The molecule has 0 aromatic heterocycles. The number of ether oxygens (including phenoxy) is 1. The van der Waals surface area contributed by atoms with Crippen LogP contribution in [0, 0.1) is 6.92 Å². The fourth-order valence-corrected chi connectivity index (χ4v) is 4.39. The van der Waals surface area contributed by atoms with Gasteiger partial charge < -0.3 is 15.2 Å². The molecule has 2 aromatic rings. The molecular weight excluding hydrogens is 486 g/mol. The Morgan fingerprint density at radius 3 is 2.54 bits per heavy atom. The van der Waals surface area contributed by atoms with Crippen molar-refractivity contribution in [2.45, 2.75) is 40.2 Å². The lowest BCUT2D eigenvalue weighted by Crippen LogP contribution is -2.15. The molecule has 3 rings (SSSR count). The number of carboxylic acids is 1. The Labute approximate surface area is 219 Å². The topological polar surface area (TPSA) is 92.7 Å². The molecule has 2 aromatic carbocycles. The number of sulfone groups is 1. The van der Waals surface area contributed by atoms with Crippen LogP contribution in [0.3, 0.4) is 0 Å². The number of aromatic carboxylic acids is 1. The van der Waals surface area contributed by atoms with Gasteiger partial charge in [0, 0.05) is 28.6 Å². The van der Waals surface area contributed by atoms with Gasteiger partial charge in [0.1, 0.15) is 11.5 Å². The average Bonchev–Trinajstić information content (AvgIpc) is 2.84. The number of carbonyl (C=O) groups is 1. The van der Waals surface area contributed by atoms with Gasteiger partial charge in [-0.05, 0) is 68.7 Å². The minimum atomic E-state index is -3.40. The molecule has 0 saturated carbocycles. The van der Waals surface area contributed by atoms with Crippen LogP contribution in [0.5, 0.6) is 5.75 Å². The van der Waals surface area contributed by atoms with Crippen molar-refractivity contribution in [3.63, 3.8) is 0 Å². The summed E-state index contributed by atoms with van der Waals surface area (Å²) in [5.41, 5.74) is 5.29. The molecule has 0 fully saturated rings. The van der Waals surface area contributed by atoms with Crippen LogP contribution in [-0.2, 0) is 9.84 Å². The average molecular weight is 520 g/mol. The molecular formula is C30H33NO5S. The maximum Gasteiger partial charge on any atom is 0.337 e. The van der Waals surface area contributed by atoms with E-state index in [9.17, 15) is 18.3 Å². The van der Waals surface area contributed by atoms with E-state index in [2.05, 4.69) is 31.0 Å². The van der Waals surface area contributed by atoms with Gasteiger partial charge in [-0.15, -0.1) is 0 Å². The van der Waals surface area contributed by atoms with Crippen LogP contribution in [0.25, 0.3) is 5.57 Å². The number of allylic oxidation sites excluding steroid dienone is 6. The lowest BCUT2D eigenvalue weighted by atomic mass is 9.92. The van der Waals surface area contributed by atoms with Gasteiger partial charge in [0.25, 0.3) is 0 Å². The molecule has 1 heterocycles. The minimum absolute atomic E-state index is 0.0132. The monoisotopic (exact) mass is 519 g/mol. The number of carboxylic acid groups (broad SMARTS) is 1. The Kier molecular flexibility index (Phi) is 8.61. The molecule has 1 aliphatic rings. The van der Waals surface area contributed by atoms with Gasteiger partial charge >= 0.3 is 5.97 Å². The number of aryl methyl sites for hydroxylation is 1. The van der Waals surface area contributed by atoms with E-state index in [4.69, 9.17) is 4.74 Å². The number of rotatable bonds is 9. The van der Waals surface area contributed by atoms with Gasteiger partial charge in [-0.3, -0.25) is 0 Å². The van der Waals surface area contributed by atoms with Gasteiger partial charge in [-0.1, -0.05) is 49.9 Å². The van der Waals surface area contributed by atoms with E-state index in [-0.39, 0.29) is 16.5 Å². The van der Waals surface area contributed by atoms with Crippen molar-refractivity contribution in [2.75, 3.05) is 11.6 Å². The molecule has 1 unspecified atom stereocenters. The highest BCUT2D eigenvalue weighted by Crippen LogP contribution is 2.42. The molecule has 0 spiro atoms. The van der Waals surface area contributed by atoms with E-state index < -0.39 is 15.8 Å². The quantitative estimate of drug-likeness (QED) is 0.347. The Bertz CT molecular complexity index is 1460. The third kappa shape index (κ3) is 6.49. The first-order valence-corrected chi connectivity index (χ1v) is 13.9. The van der Waals surface area contributed by atoms with Gasteiger partial charge in [-0.25, -0.2) is 13.2 Å². The summed E-state index contributed by atoms with van der Waals surface area (Å²) >= 11 is 0. The van der Waals surface area contributed by atoms with Crippen molar-refractivity contribution in [2.24, 2.45) is 0 Å². The largest absolute Gasteiger partial charge is 0.478 e. The van der Waals surface area contributed by atoms with Gasteiger partial charge in [0.15, 0.2) is 9.84 Å². The second-order valence-electron chi connectivity index (χ2n) is 8.94. The highest BCUT2D eigenvalue weighted by atomic mass is 32.2. The van der Waals surface area contributed by atoms with Crippen molar-refractivity contribution in [1.82, 2.24) is 0 Å². The lowest BCUT2D eigenvalue weighted by Gasteiger charge is -2.27. The highest BCUT2D eigenvalue weighted by Gasteiger charge is 2.25. The third-order valence-electron chi connectivity index (χ3n) is 6.01. The van der Waals surface area contributed by atoms with Crippen LogP contribution < -0.4 is 10.1 Å². The number of anilines is 1. The smallest absolute Gasteiger partial charge is 0.337 e. The molecule has 194 valence electrons. The normalized spacial score (nSPS) is 15.6. The summed E-state index contributed by atoms with van der Waals surface area (Å²) in [6, 6.07) is 10.6. The number of benzene rings is 2. The fourth-order valence-electron chi connectivity index (χ4n) is 4.07. The molecule has 1 aliphatic heterocycles. The molecule has 37 heavy (non-hydrogen) atoms.